The molecule has 0 bridgehead atoms. The number of pyridine rings is 1. The number of alkyl halides is 4. The summed E-state index contributed by atoms with van der Waals surface area (Å²) in [6.07, 6.45) is -3.13. The van der Waals surface area contributed by atoms with Gasteiger partial charge in [-0.3, -0.25) is 9.59 Å². The van der Waals surface area contributed by atoms with E-state index in [0.29, 0.717) is 4.90 Å². The van der Waals surface area contributed by atoms with Crippen molar-refractivity contribution >= 4 is 21.8 Å². The summed E-state index contributed by atoms with van der Waals surface area (Å²) in [6.45, 7) is -1.43. The lowest BCUT2D eigenvalue weighted by Gasteiger charge is -2.23. The van der Waals surface area contributed by atoms with Gasteiger partial charge in [0.2, 0.25) is 0 Å². The molecule has 0 aliphatic heterocycles. The molecular weight excluding hydrogens is 329 g/mol. The van der Waals surface area contributed by atoms with Crippen LogP contribution in [0.5, 0.6) is 0 Å². The number of rotatable bonds is 4. The Morgan fingerprint density at radius 3 is 2.58 bits per heavy atom. The minimum atomic E-state index is -4.47. The molecule has 1 aromatic heterocycles. The van der Waals surface area contributed by atoms with E-state index in [1.165, 1.54) is 23.9 Å². The first-order chi connectivity index (χ1) is 8.74. The molecule has 8 heteroatoms. The third-order valence-electron chi connectivity index (χ3n) is 2.36. The minimum absolute atomic E-state index is 0.0479. The van der Waals surface area contributed by atoms with Gasteiger partial charge in [0.25, 0.3) is 11.5 Å². The SMILES string of the molecule is Cn1ccc(C(=O)N(CCBr)CC(F)(F)F)cc1=O. The highest BCUT2D eigenvalue weighted by atomic mass is 79.9. The first-order valence-corrected chi connectivity index (χ1v) is 6.45. The predicted molar refractivity (Wildman–Crippen MR) is 67.4 cm³/mol. The molecule has 0 fully saturated rings. The molecule has 1 heterocycles. The summed E-state index contributed by atoms with van der Waals surface area (Å²) in [5.74, 6) is -0.811. The lowest BCUT2D eigenvalue weighted by atomic mass is 10.2. The molecule has 4 nitrogen and oxygen atoms in total. The maximum absolute atomic E-state index is 12.4. The standard InChI is InChI=1S/C11H12BrF3N2O2/c1-16-4-2-8(6-9(16)18)10(19)17(5-3-12)7-11(13,14)15/h2,4,6H,3,5,7H2,1H3. The summed E-state index contributed by atoms with van der Waals surface area (Å²) in [7, 11) is 1.49. The van der Waals surface area contributed by atoms with E-state index in [-0.39, 0.29) is 17.4 Å². The van der Waals surface area contributed by atoms with E-state index in [1.54, 1.807) is 0 Å². The monoisotopic (exact) mass is 340 g/mol. The highest BCUT2D eigenvalue weighted by molar-refractivity contribution is 9.09. The van der Waals surface area contributed by atoms with Crippen LogP contribution in [0.3, 0.4) is 0 Å². The van der Waals surface area contributed by atoms with Crippen molar-refractivity contribution in [3.05, 3.63) is 34.2 Å². The van der Waals surface area contributed by atoms with Gasteiger partial charge in [-0.1, -0.05) is 15.9 Å². The van der Waals surface area contributed by atoms with Crippen molar-refractivity contribution in [1.29, 1.82) is 0 Å². The maximum atomic E-state index is 12.4. The number of hydrogen-bond donors (Lipinski definition) is 0. The van der Waals surface area contributed by atoms with Crippen LogP contribution in [0.4, 0.5) is 13.2 Å². The lowest BCUT2D eigenvalue weighted by molar-refractivity contribution is -0.140. The van der Waals surface area contributed by atoms with Gasteiger partial charge in [-0.25, -0.2) is 0 Å². The lowest BCUT2D eigenvalue weighted by Crippen LogP contribution is -2.40. The van der Waals surface area contributed by atoms with Crippen LogP contribution >= 0.6 is 15.9 Å². The number of aromatic nitrogens is 1. The molecule has 0 unspecified atom stereocenters. The Bertz CT molecular complexity index is 513. The second-order valence-electron chi connectivity index (χ2n) is 3.90. The molecule has 0 aromatic carbocycles. The van der Waals surface area contributed by atoms with E-state index in [0.717, 1.165) is 6.07 Å². The van der Waals surface area contributed by atoms with Crippen LogP contribution in [0.15, 0.2) is 23.1 Å². The summed E-state index contributed by atoms with van der Waals surface area (Å²) in [5, 5.41) is 0.222. The van der Waals surface area contributed by atoms with Crippen molar-refractivity contribution in [1.82, 2.24) is 9.47 Å². The van der Waals surface area contributed by atoms with E-state index in [2.05, 4.69) is 15.9 Å². The van der Waals surface area contributed by atoms with Crippen molar-refractivity contribution in [3.8, 4) is 0 Å². The van der Waals surface area contributed by atoms with E-state index < -0.39 is 24.2 Å². The van der Waals surface area contributed by atoms with E-state index in [4.69, 9.17) is 0 Å². The van der Waals surface area contributed by atoms with Gasteiger partial charge in [-0.05, 0) is 6.07 Å². The van der Waals surface area contributed by atoms with Crippen molar-refractivity contribution < 1.29 is 18.0 Å². The van der Waals surface area contributed by atoms with Crippen molar-refractivity contribution in [2.45, 2.75) is 6.18 Å². The number of amides is 1. The summed E-state index contributed by atoms with van der Waals surface area (Å²) in [4.78, 5) is 24.0. The molecule has 1 rings (SSSR count). The first-order valence-electron chi connectivity index (χ1n) is 5.33. The Morgan fingerprint density at radius 2 is 2.11 bits per heavy atom. The normalized spacial score (nSPS) is 11.4. The number of carbonyl (C=O) groups excluding carboxylic acids is 1. The Hall–Kier alpha value is -1.31. The van der Waals surface area contributed by atoms with Gasteiger partial charge >= 0.3 is 6.18 Å². The molecule has 0 spiro atoms. The van der Waals surface area contributed by atoms with Crippen molar-refractivity contribution in [2.75, 3.05) is 18.4 Å². The van der Waals surface area contributed by atoms with Crippen LogP contribution < -0.4 is 5.56 Å². The van der Waals surface area contributed by atoms with Crippen LogP contribution in [-0.4, -0.2) is 40.0 Å². The van der Waals surface area contributed by atoms with Gasteiger partial charge in [0.15, 0.2) is 0 Å². The zero-order valence-electron chi connectivity index (χ0n) is 10.1. The second kappa shape index (κ2) is 6.23. The quantitative estimate of drug-likeness (QED) is 0.784. The van der Waals surface area contributed by atoms with Gasteiger partial charge in [0.05, 0.1) is 0 Å². The van der Waals surface area contributed by atoms with E-state index in [9.17, 15) is 22.8 Å². The topological polar surface area (TPSA) is 42.3 Å². The van der Waals surface area contributed by atoms with Crippen LogP contribution in [0, 0.1) is 0 Å². The van der Waals surface area contributed by atoms with Crippen molar-refractivity contribution in [2.24, 2.45) is 7.05 Å². The molecule has 0 saturated heterocycles. The summed E-state index contributed by atoms with van der Waals surface area (Å²) >= 11 is 3.00. The minimum Gasteiger partial charge on any atom is -0.329 e. The zero-order chi connectivity index (χ0) is 14.6. The van der Waals surface area contributed by atoms with Gasteiger partial charge in [-0.15, -0.1) is 0 Å². The predicted octanol–water partition coefficient (Wildman–Crippen LogP) is 1.78. The molecule has 1 amide bonds. The zero-order valence-corrected chi connectivity index (χ0v) is 11.7. The third kappa shape index (κ3) is 4.70. The Labute approximate surface area is 115 Å². The average Bonchev–Trinajstić information content (AvgIpc) is 2.29. The molecule has 0 N–H and O–H groups in total. The summed E-state index contributed by atoms with van der Waals surface area (Å²) in [6, 6.07) is 2.35. The summed E-state index contributed by atoms with van der Waals surface area (Å²) in [5.41, 5.74) is -0.495. The maximum Gasteiger partial charge on any atom is 0.406 e. The van der Waals surface area contributed by atoms with Gasteiger partial charge < -0.3 is 9.47 Å². The smallest absolute Gasteiger partial charge is 0.329 e. The molecule has 106 valence electrons. The third-order valence-corrected chi connectivity index (χ3v) is 2.72. The number of halogens is 4. The number of hydrogen-bond acceptors (Lipinski definition) is 2. The van der Waals surface area contributed by atoms with Crippen molar-refractivity contribution in [3.63, 3.8) is 0 Å². The van der Waals surface area contributed by atoms with Crippen LogP contribution in [0.1, 0.15) is 10.4 Å². The second-order valence-corrected chi connectivity index (χ2v) is 4.69. The van der Waals surface area contributed by atoms with E-state index >= 15 is 0 Å². The highest BCUT2D eigenvalue weighted by Gasteiger charge is 2.33. The summed E-state index contributed by atoms with van der Waals surface area (Å²) < 4.78 is 38.4. The average molecular weight is 341 g/mol. The van der Waals surface area contributed by atoms with Gasteiger partial charge in [0.1, 0.15) is 6.54 Å². The van der Waals surface area contributed by atoms with Gasteiger partial charge in [0, 0.05) is 36.7 Å². The Morgan fingerprint density at radius 1 is 1.47 bits per heavy atom. The number of carbonyl (C=O) groups is 1. The fraction of sp³-hybridized carbons (Fsp3) is 0.455. The molecule has 0 saturated carbocycles. The molecule has 0 atom stereocenters. The van der Waals surface area contributed by atoms with Gasteiger partial charge in [-0.2, -0.15) is 13.2 Å². The molecule has 19 heavy (non-hydrogen) atoms. The Kier molecular flexibility index (Phi) is 5.16. The Balaban J connectivity index is 2.98. The molecule has 0 aliphatic rings. The van der Waals surface area contributed by atoms with Crippen LogP contribution in [0.2, 0.25) is 0 Å². The van der Waals surface area contributed by atoms with E-state index in [1.807, 2.05) is 0 Å². The number of aryl methyl sites for hydroxylation is 1. The number of nitrogens with zero attached hydrogens (tertiary/aromatic N) is 2. The fourth-order valence-corrected chi connectivity index (χ4v) is 1.86. The molecule has 1 aromatic rings. The highest BCUT2D eigenvalue weighted by Crippen LogP contribution is 2.18. The molecular formula is C11H12BrF3N2O2. The molecule has 0 radical (unpaired) electrons. The van der Waals surface area contributed by atoms with Crippen LogP contribution in [-0.2, 0) is 7.05 Å². The largest absolute Gasteiger partial charge is 0.406 e. The fourth-order valence-electron chi connectivity index (χ4n) is 1.43. The first kappa shape index (κ1) is 15.7. The molecule has 0 aliphatic carbocycles. The van der Waals surface area contributed by atoms with Crippen LogP contribution in [0.25, 0.3) is 0 Å².